The summed E-state index contributed by atoms with van der Waals surface area (Å²) in [4.78, 5) is 25.0. The predicted molar refractivity (Wildman–Crippen MR) is 39.7 cm³/mol. The van der Waals surface area contributed by atoms with Gasteiger partial charge in [0.2, 0.25) is 5.75 Å². The Labute approximate surface area is 67.3 Å². The minimum atomic E-state index is -0.926. The van der Waals surface area contributed by atoms with Crippen molar-refractivity contribution in [1.29, 1.82) is 0 Å². The summed E-state index contributed by atoms with van der Waals surface area (Å²) in [6.07, 6.45) is 1.11. The zero-order chi connectivity index (χ0) is 9.30. The van der Waals surface area contributed by atoms with Crippen molar-refractivity contribution >= 4 is 5.91 Å². The molecule has 12 heavy (non-hydrogen) atoms. The molecule has 1 aromatic rings. The second-order valence-electron chi connectivity index (χ2n) is 2.22. The number of primary amides is 1. The van der Waals surface area contributed by atoms with E-state index in [1.165, 1.54) is 7.05 Å². The quantitative estimate of drug-likeness (QED) is 0.539. The SMILES string of the molecule is Cn1cnc(C(N)=O)c(O)c1=O. The van der Waals surface area contributed by atoms with Gasteiger partial charge in [-0.1, -0.05) is 0 Å². The molecule has 1 heterocycles. The van der Waals surface area contributed by atoms with Crippen molar-refractivity contribution in [3.63, 3.8) is 0 Å². The highest BCUT2D eigenvalue weighted by Gasteiger charge is 2.12. The standard InChI is InChI=1S/C6H7N3O3/c1-9-2-8-3(5(7)11)4(10)6(9)12/h2,10H,1H3,(H2,7,11). The lowest BCUT2D eigenvalue weighted by atomic mass is 10.3. The second kappa shape index (κ2) is 2.65. The van der Waals surface area contributed by atoms with Crippen LogP contribution < -0.4 is 11.3 Å². The van der Waals surface area contributed by atoms with Gasteiger partial charge in [0.1, 0.15) is 0 Å². The molecular weight excluding hydrogens is 162 g/mol. The lowest BCUT2D eigenvalue weighted by Gasteiger charge is -1.99. The van der Waals surface area contributed by atoms with Gasteiger partial charge in [0.25, 0.3) is 11.5 Å². The molecule has 0 fully saturated rings. The van der Waals surface area contributed by atoms with E-state index in [0.29, 0.717) is 0 Å². The Bertz CT molecular complexity index is 382. The van der Waals surface area contributed by atoms with Gasteiger partial charge in [-0.25, -0.2) is 4.98 Å². The van der Waals surface area contributed by atoms with Crippen LogP contribution in [0.15, 0.2) is 11.1 Å². The molecule has 0 aliphatic carbocycles. The number of hydrogen-bond acceptors (Lipinski definition) is 4. The normalized spacial score (nSPS) is 9.75. The van der Waals surface area contributed by atoms with Crippen molar-refractivity contribution in [2.75, 3.05) is 0 Å². The Balaban J connectivity index is 3.47. The molecule has 0 aromatic carbocycles. The van der Waals surface area contributed by atoms with Crippen molar-refractivity contribution in [2.45, 2.75) is 0 Å². The number of hydrogen-bond donors (Lipinski definition) is 2. The third-order valence-corrected chi connectivity index (χ3v) is 1.34. The van der Waals surface area contributed by atoms with E-state index in [4.69, 9.17) is 10.8 Å². The first-order valence-corrected chi connectivity index (χ1v) is 3.08. The van der Waals surface area contributed by atoms with E-state index in [0.717, 1.165) is 10.9 Å². The van der Waals surface area contributed by atoms with Crippen molar-refractivity contribution < 1.29 is 9.90 Å². The van der Waals surface area contributed by atoms with Crippen molar-refractivity contribution in [2.24, 2.45) is 12.8 Å². The molecule has 0 radical (unpaired) electrons. The lowest BCUT2D eigenvalue weighted by molar-refractivity contribution is 0.0992. The van der Waals surface area contributed by atoms with Gasteiger partial charge in [-0.05, 0) is 0 Å². The maximum absolute atomic E-state index is 11.0. The van der Waals surface area contributed by atoms with E-state index >= 15 is 0 Å². The Morgan fingerprint density at radius 3 is 2.83 bits per heavy atom. The molecule has 0 bridgehead atoms. The minimum absolute atomic E-state index is 0.405. The van der Waals surface area contributed by atoms with Crippen LogP contribution in [0, 0.1) is 0 Å². The third-order valence-electron chi connectivity index (χ3n) is 1.34. The smallest absolute Gasteiger partial charge is 0.296 e. The molecular formula is C6H7N3O3. The highest BCUT2D eigenvalue weighted by atomic mass is 16.3. The Morgan fingerprint density at radius 2 is 2.33 bits per heavy atom. The zero-order valence-electron chi connectivity index (χ0n) is 6.31. The summed E-state index contributed by atoms with van der Waals surface area (Å²) in [5.41, 5.74) is 3.72. The van der Waals surface area contributed by atoms with Crippen molar-refractivity contribution in [3.8, 4) is 5.75 Å². The molecule has 1 rings (SSSR count). The summed E-state index contributed by atoms with van der Waals surface area (Å²) in [6.45, 7) is 0. The zero-order valence-corrected chi connectivity index (χ0v) is 6.31. The summed E-state index contributed by atoms with van der Waals surface area (Å²) in [7, 11) is 1.40. The van der Waals surface area contributed by atoms with Crippen LogP contribution in [0.3, 0.4) is 0 Å². The molecule has 0 spiro atoms. The molecule has 1 aromatic heterocycles. The van der Waals surface area contributed by atoms with Crippen LogP contribution >= 0.6 is 0 Å². The van der Waals surface area contributed by atoms with Crippen molar-refractivity contribution in [3.05, 3.63) is 22.4 Å². The van der Waals surface area contributed by atoms with E-state index in [1.54, 1.807) is 0 Å². The molecule has 1 amide bonds. The molecule has 0 saturated heterocycles. The van der Waals surface area contributed by atoms with E-state index < -0.39 is 22.9 Å². The second-order valence-corrected chi connectivity index (χ2v) is 2.22. The summed E-state index contributed by atoms with van der Waals surface area (Å²) in [5.74, 6) is -1.64. The summed E-state index contributed by atoms with van der Waals surface area (Å²) in [6, 6.07) is 0. The largest absolute Gasteiger partial charge is 0.501 e. The average Bonchev–Trinajstić information content (AvgIpc) is 2.00. The van der Waals surface area contributed by atoms with Crippen LogP contribution in [-0.4, -0.2) is 20.6 Å². The number of carbonyl (C=O) groups excluding carboxylic acids is 1. The molecule has 6 heteroatoms. The fraction of sp³-hybridized carbons (Fsp3) is 0.167. The maximum atomic E-state index is 11.0. The van der Waals surface area contributed by atoms with E-state index in [-0.39, 0.29) is 0 Å². The third kappa shape index (κ3) is 1.14. The van der Waals surface area contributed by atoms with Crippen LogP contribution in [0.4, 0.5) is 0 Å². The number of amides is 1. The molecule has 6 nitrogen and oxygen atoms in total. The minimum Gasteiger partial charge on any atom is -0.501 e. The monoisotopic (exact) mass is 169 g/mol. The number of carbonyl (C=O) groups is 1. The lowest BCUT2D eigenvalue weighted by Crippen LogP contribution is -2.23. The average molecular weight is 169 g/mol. The number of nitrogens with zero attached hydrogens (tertiary/aromatic N) is 2. The van der Waals surface area contributed by atoms with Crippen LogP contribution in [0.2, 0.25) is 0 Å². The summed E-state index contributed by atoms with van der Waals surface area (Å²) in [5, 5.41) is 9.05. The number of rotatable bonds is 1. The van der Waals surface area contributed by atoms with E-state index in [9.17, 15) is 9.59 Å². The number of aromatic nitrogens is 2. The molecule has 0 aliphatic rings. The first-order chi connectivity index (χ1) is 5.54. The van der Waals surface area contributed by atoms with E-state index in [1.807, 2.05) is 0 Å². The fourth-order valence-corrected chi connectivity index (χ4v) is 0.707. The molecule has 0 aliphatic heterocycles. The Kier molecular flexibility index (Phi) is 1.82. The maximum Gasteiger partial charge on any atom is 0.296 e. The first kappa shape index (κ1) is 8.25. The number of aryl methyl sites for hydroxylation is 1. The van der Waals surface area contributed by atoms with Crippen LogP contribution in [0.25, 0.3) is 0 Å². The fourth-order valence-electron chi connectivity index (χ4n) is 0.707. The van der Waals surface area contributed by atoms with Crippen molar-refractivity contribution in [1.82, 2.24) is 9.55 Å². The Hall–Kier alpha value is -1.85. The van der Waals surface area contributed by atoms with Crippen LogP contribution in [0.5, 0.6) is 5.75 Å². The van der Waals surface area contributed by atoms with Gasteiger partial charge in [0.05, 0.1) is 6.33 Å². The van der Waals surface area contributed by atoms with Crippen LogP contribution in [0.1, 0.15) is 10.5 Å². The highest BCUT2D eigenvalue weighted by Crippen LogP contribution is 2.04. The summed E-state index contributed by atoms with van der Waals surface area (Å²) < 4.78 is 1.04. The topological polar surface area (TPSA) is 98.2 Å². The number of aromatic hydroxyl groups is 1. The van der Waals surface area contributed by atoms with Gasteiger partial charge in [0.15, 0.2) is 5.69 Å². The van der Waals surface area contributed by atoms with Gasteiger partial charge in [0, 0.05) is 7.05 Å². The molecule has 64 valence electrons. The molecule has 3 N–H and O–H groups in total. The van der Waals surface area contributed by atoms with E-state index in [2.05, 4.69) is 4.98 Å². The number of nitrogens with two attached hydrogens (primary N) is 1. The van der Waals surface area contributed by atoms with Gasteiger partial charge < -0.3 is 10.8 Å². The molecule has 0 unspecified atom stereocenters. The van der Waals surface area contributed by atoms with Gasteiger partial charge >= 0.3 is 0 Å². The predicted octanol–water partition coefficient (Wildman–Crippen LogP) is -1.42. The molecule has 0 atom stereocenters. The first-order valence-electron chi connectivity index (χ1n) is 3.08. The summed E-state index contributed by atoms with van der Waals surface area (Å²) >= 11 is 0. The molecule has 0 saturated carbocycles. The van der Waals surface area contributed by atoms with Gasteiger partial charge in [-0.15, -0.1) is 0 Å². The Morgan fingerprint density at radius 1 is 1.75 bits per heavy atom. The van der Waals surface area contributed by atoms with Gasteiger partial charge in [-0.2, -0.15) is 0 Å². The van der Waals surface area contributed by atoms with Gasteiger partial charge in [-0.3, -0.25) is 14.2 Å². The highest BCUT2D eigenvalue weighted by molar-refractivity contribution is 5.93. The van der Waals surface area contributed by atoms with Crippen LogP contribution in [-0.2, 0) is 7.05 Å².